The van der Waals surface area contributed by atoms with E-state index in [1.165, 1.54) is 11.8 Å². The summed E-state index contributed by atoms with van der Waals surface area (Å²) in [5.74, 6) is -6.05. The lowest BCUT2D eigenvalue weighted by molar-refractivity contribution is -0.128. The number of amides is 3. The van der Waals surface area contributed by atoms with E-state index in [1.54, 1.807) is 25.4 Å². The molecule has 1 heterocycles. The molecule has 0 saturated heterocycles. The van der Waals surface area contributed by atoms with Crippen LogP contribution in [0.2, 0.25) is 0 Å². The summed E-state index contributed by atoms with van der Waals surface area (Å²) in [7, 11) is 1.54. The summed E-state index contributed by atoms with van der Waals surface area (Å²) in [6.45, 7) is 2.74. The highest BCUT2D eigenvalue weighted by Crippen LogP contribution is 2.19. The maximum absolute atomic E-state index is 13.6. The van der Waals surface area contributed by atoms with Crippen LogP contribution in [0.15, 0.2) is 30.5 Å². The van der Waals surface area contributed by atoms with E-state index in [1.807, 2.05) is 12.2 Å². The number of benzene rings is 1. The van der Waals surface area contributed by atoms with Crippen LogP contribution in [0.4, 0.5) is 24.7 Å². The summed E-state index contributed by atoms with van der Waals surface area (Å²) < 4.78 is 39.7. The lowest BCUT2D eigenvalue weighted by Crippen LogP contribution is -2.47. The molecule has 3 amide bonds. The molecule has 0 saturated carbocycles. The van der Waals surface area contributed by atoms with Gasteiger partial charge < -0.3 is 16.0 Å². The van der Waals surface area contributed by atoms with Gasteiger partial charge in [0.15, 0.2) is 17.5 Å². The number of hydrogen-bond acceptors (Lipinski definition) is 5. The Morgan fingerprint density at radius 2 is 1.74 bits per heavy atom. The van der Waals surface area contributed by atoms with Crippen molar-refractivity contribution in [2.24, 2.45) is 0 Å². The van der Waals surface area contributed by atoms with Gasteiger partial charge in [-0.2, -0.15) is 0 Å². The first kappa shape index (κ1) is 23.8. The molecule has 31 heavy (non-hydrogen) atoms. The van der Waals surface area contributed by atoms with Crippen molar-refractivity contribution < 1.29 is 27.6 Å². The summed E-state index contributed by atoms with van der Waals surface area (Å²) in [6, 6.07) is 4.20. The number of likely N-dealkylation sites (N-methyl/N-ethyl adjacent to an activating group) is 1. The van der Waals surface area contributed by atoms with E-state index in [0.717, 1.165) is 11.6 Å². The molecule has 0 aliphatic heterocycles. The van der Waals surface area contributed by atoms with Crippen LogP contribution in [0.1, 0.15) is 12.5 Å². The molecule has 0 spiro atoms. The standard InChI is InChI=1S/C20H22F3N5O3/c1-11-4-7-15(24-8-11)27-17(30)10-28(3)12(2)20(31)25-9-16(29)26-14-6-5-13(21)18(22)19(14)23/h4-8,12H,9-10H2,1-3H3,(H,25,31)(H,26,29)(H,24,27,30). The van der Waals surface area contributed by atoms with E-state index < -0.39 is 47.5 Å². The van der Waals surface area contributed by atoms with E-state index in [-0.39, 0.29) is 12.5 Å². The van der Waals surface area contributed by atoms with Crippen molar-refractivity contribution >= 4 is 29.2 Å². The second-order valence-corrected chi connectivity index (χ2v) is 6.85. The fourth-order valence-electron chi connectivity index (χ4n) is 2.42. The second-order valence-electron chi connectivity index (χ2n) is 6.85. The molecule has 0 bridgehead atoms. The molecule has 2 rings (SSSR count). The van der Waals surface area contributed by atoms with Crippen LogP contribution in [0.3, 0.4) is 0 Å². The maximum atomic E-state index is 13.6. The van der Waals surface area contributed by atoms with E-state index in [2.05, 4.69) is 15.6 Å². The van der Waals surface area contributed by atoms with Crippen molar-refractivity contribution in [1.82, 2.24) is 15.2 Å². The van der Waals surface area contributed by atoms with Crippen LogP contribution < -0.4 is 16.0 Å². The van der Waals surface area contributed by atoms with E-state index in [9.17, 15) is 27.6 Å². The number of halogens is 3. The fourth-order valence-corrected chi connectivity index (χ4v) is 2.42. The van der Waals surface area contributed by atoms with Crippen LogP contribution in [0.5, 0.6) is 0 Å². The number of rotatable bonds is 8. The van der Waals surface area contributed by atoms with Gasteiger partial charge in [0.25, 0.3) is 0 Å². The number of nitrogens with zero attached hydrogens (tertiary/aromatic N) is 2. The predicted molar refractivity (Wildman–Crippen MR) is 108 cm³/mol. The number of hydrogen-bond donors (Lipinski definition) is 3. The molecule has 0 aliphatic carbocycles. The number of aromatic nitrogens is 1. The van der Waals surface area contributed by atoms with Crippen LogP contribution in [-0.2, 0) is 14.4 Å². The lowest BCUT2D eigenvalue weighted by atomic mass is 10.2. The molecule has 3 N–H and O–H groups in total. The maximum Gasteiger partial charge on any atom is 0.243 e. The summed E-state index contributed by atoms with van der Waals surface area (Å²) in [4.78, 5) is 41.7. The van der Waals surface area contributed by atoms with Crippen molar-refractivity contribution in [3.63, 3.8) is 0 Å². The van der Waals surface area contributed by atoms with Crippen molar-refractivity contribution in [2.45, 2.75) is 19.9 Å². The number of pyridine rings is 1. The Morgan fingerprint density at radius 3 is 2.39 bits per heavy atom. The van der Waals surface area contributed by atoms with Gasteiger partial charge in [0.05, 0.1) is 24.8 Å². The zero-order valence-corrected chi connectivity index (χ0v) is 17.1. The molecule has 2 aromatic rings. The minimum Gasteiger partial charge on any atom is -0.346 e. The van der Waals surface area contributed by atoms with Gasteiger partial charge >= 0.3 is 0 Å². The number of carbonyl (C=O) groups is 3. The molecule has 166 valence electrons. The van der Waals surface area contributed by atoms with Gasteiger partial charge in [0.1, 0.15) is 5.82 Å². The summed E-state index contributed by atoms with van der Waals surface area (Å²) in [5.41, 5.74) is 0.390. The van der Waals surface area contributed by atoms with Gasteiger partial charge in [-0.3, -0.25) is 19.3 Å². The Morgan fingerprint density at radius 1 is 1.03 bits per heavy atom. The average molecular weight is 437 g/mol. The van der Waals surface area contributed by atoms with Crippen LogP contribution in [-0.4, -0.2) is 53.8 Å². The Balaban J connectivity index is 1.81. The molecule has 11 heteroatoms. The number of anilines is 2. The highest BCUT2D eigenvalue weighted by atomic mass is 19.2. The third-order valence-electron chi connectivity index (χ3n) is 4.34. The molecule has 1 aromatic heterocycles. The first-order chi connectivity index (χ1) is 14.6. The van der Waals surface area contributed by atoms with E-state index in [0.29, 0.717) is 11.9 Å². The van der Waals surface area contributed by atoms with Crippen LogP contribution in [0, 0.1) is 24.4 Å². The third kappa shape index (κ3) is 6.78. The second kappa shape index (κ2) is 10.5. The van der Waals surface area contributed by atoms with Crippen molar-refractivity contribution in [3.8, 4) is 0 Å². The largest absolute Gasteiger partial charge is 0.346 e. The number of carbonyl (C=O) groups excluding carboxylic acids is 3. The van der Waals surface area contributed by atoms with Gasteiger partial charge in [-0.25, -0.2) is 18.2 Å². The topological polar surface area (TPSA) is 103 Å². The van der Waals surface area contributed by atoms with Gasteiger partial charge in [-0.15, -0.1) is 0 Å². The lowest BCUT2D eigenvalue weighted by Gasteiger charge is -2.23. The number of aryl methyl sites for hydroxylation is 1. The Bertz CT molecular complexity index is 969. The van der Waals surface area contributed by atoms with Crippen LogP contribution in [0.25, 0.3) is 0 Å². The SMILES string of the molecule is Cc1ccc(NC(=O)CN(C)C(C)C(=O)NCC(=O)Nc2ccc(F)c(F)c2F)nc1. The highest BCUT2D eigenvalue weighted by Gasteiger charge is 2.21. The Labute approximate surface area is 176 Å². The first-order valence-electron chi connectivity index (χ1n) is 9.22. The molecule has 0 radical (unpaired) electrons. The molecule has 8 nitrogen and oxygen atoms in total. The van der Waals surface area contributed by atoms with Crippen molar-refractivity contribution in [2.75, 3.05) is 30.8 Å². The quantitative estimate of drug-likeness (QED) is 0.547. The highest BCUT2D eigenvalue weighted by molar-refractivity contribution is 5.95. The Kier molecular flexibility index (Phi) is 8.08. The van der Waals surface area contributed by atoms with Crippen molar-refractivity contribution in [3.05, 3.63) is 53.5 Å². The summed E-state index contributed by atoms with van der Waals surface area (Å²) in [5, 5.41) is 6.98. The summed E-state index contributed by atoms with van der Waals surface area (Å²) in [6.07, 6.45) is 1.60. The zero-order chi connectivity index (χ0) is 23.1. The molecular formula is C20H22F3N5O3. The van der Waals surface area contributed by atoms with Gasteiger partial charge in [0.2, 0.25) is 17.7 Å². The van der Waals surface area contributed by atoms with Crippen LogP contribution >= 0.6 is 0 Å². The predicted octanol–water partition coefficient (Wildman–Crippen LogP) is 1.82. The summed E-state index contributed by atoms with van der Waals surface area (Å²) >= 11 is 0. The van der Waals surface area contributed by atoms with Gasteiger partial charge in [0, 0.05) is 6.20 Å². The average Bonchev–Trinajstić information content (AvgIpc) is 2.73. The minimum absolute atomic E-state index is 0.115. The van der Waals surface area contributed by atoms with Gasteiger partial charge in [-0.05, 0) is 44.7 Å². The third-order valence-corrected chi connectivity index (χ3v) is 4.34. The molecule has 0 fully saturated rings. The van der Waals surface area contributed by atoms with E-state index in [4.69, 9.17) is 0 Å². The normalized spacial score (nSPS) is 11.7. The smallest absolute Gasteiger partial charge is 0.243 e. The monoisotopic (exact) mass is 437 g/mol. The molecule has 1 unspecified atom stereocenters. The fraction of sp³-hybridized carbons (Fsp3) is 0.300. The van der Waals surface area contributed by atoms with E-state index >= 15 is 0 Å². The zero-order valence-electron chi connectivity index (χ0n) is 17.1. The Hall–Kier alpha value is -3.47. The molecular weight excluding hydrogens is 415 g/mol. The van der Waals surface area contributed by atoms with Crippen molar-refractivity contribution in [1.29, 1.82) is 0 Å². The molecule has 1 atom stereocenters. The number of nitrogens with one attached hydrogen (secondary N) is 3. The minimum atomic E-state index is -1.71. The molecule has 0 aliphatic rings. The van der Waals surface area contributed by atoms with Gasteiger partial charge in [-0.1, -0.05) is 6.07 Å². The molecule has 1 aromatic carbocycles. The first-order valence-corrected chi connectivity index (χ1v) is 9.22.